The summed E-state index contributed by atoms with van der Waals surface area (Å²) in [6.45, 7) is 2.31. The zero-order valence-electron chi connectivity index (χ0n) is 13.3. The van der Waals surface area contributed by atoms with E-state index >= 15 is 0 Å². The van der Waals surface area contributed by atoms with Crippen LogP contribution in [0.25, 0.3) is 0 Å². The molecule has 0 aliphatic carbocycles. The number of hydrogen-bond donors (Lipinski definition) is 1. The number of rotatable bonds is 6. The number of methoxy groups -OCH3 is 3. The van der Waals surface area contributed by atoms with Gasteiger partial charge in [0.1, 0.15) is 0 Å². The second-order valence-electron chi connectivity index (χ2n) is 5.42. The molecule has 0 saturated carbocycles. The number of nitrogens with zero attached hydrogens (tertiary/aromatic N) is 1. The van der Waals surface area contributed by atoms with Gasteiger partial charge in [0.05, 0.1) is 27.2 Å². The zero-order valence-corrected chi connectivity index (χ0v) is 13.3. The van der Waals surface area contributed by atoms with E-state index in [4.69, 9.17) is 19.3 Å². The van der Waals surface area contributed by atoms with Gasteiger partial charge in [0, 0.05) is 6.54 Å². The molecule has 1 N–H and O–H groups in total. The van der Waals surface area contributed by atoms with E-state index < -0.39 is 5.97 Å². The van der Waals surface area contributed by atoms with Crippen molar-refractivity contribution in [3.63, 3.8) is 0 Å². The van der Waals surface area contributed by atoms with Crippen molar-refractivity contribution in [2.45, 2.75) is 19.4 Å². The second-order valence-corrected chi connectivity index (χ2v) is 5.42. The van der Waals surface area contributed by atoms with Crippen molar-refractivity contribution in [1.82, 2.24) is 4.90 Å². The second kappa shape index (κ2) is 7.35. The number of carboxylic acids is 1. The van der Waals surface area contributed by atoms with Crippen molar-refractivity contribution in [1.29, 1.82) is 0 Å². The van der Waals surface area contributed by atoms with Gasteiger partial charge >= 0.3 is 5.97 Å². The van der Waals surface area contributed by atoms with Gasteiger partial charge in [0.25, 0.3) is 0 Å². The molecule has 0 amide bonds. The van der Waals surface area contributed by atoms with E-state index in [1.165, 1.54) is 0 Å². The Morgan fingerprint density at radius 1 is 1.14 bits per heavy atom. The number of carboxylic acid groups (broad SMARTS) is 1. The summed E-state index contributed by atoms with van der Waals surface area (Å²) in [7, 11) is 4.77. The first-order valence-electron chi connectivity index (χ1n) is 7.33. The smallest absolute Gasteiger partial charge is 0.306 e. The number of benzene rings is 1. The average molecular weight is 309 g/mol. The molecule has 0 radical (unpaired) electrons. The first-order valence-corrected chi connectivity index (χ1v) is 7.33. The van der Waals surface area contributed by atoms with Crippen molar-refractivity contribution >= 4 is 5.97 Å². The molecule has 0 bridgehead atoms. The fraction of sp³-hybridized carbons (Fsp3) is 0.562. The molecule has 0 aromatic heterocycles. The first-order chi connectivity index (χ1) is 10.6. The van der Waals surface area contributed by atoms with E-state index in [0.29, 0.717) is 30.1 Å². The van der Waals surface area contributed by atoms with Crippen LogP contribution in [0.1, 0.15) is 18.4 Å². The fourth-order valence-electron chi connectivity index (χ4n) is 2.82. The number of hydrogen-bond acceptors (Lipinski definition) is 5. The van der Waals surface area contributed by atoms with Gasteiger partial charge in [-0.3, -0.25) is 9.69 Å². The molecule has 1 saturated heterocycles. The molecular weight excluding hydrogens is 286 g/mol. The van der Waals surface area contributed by atoms with Crippen LogP contribution in [0.15, 0.2) is 12.1 Å². The summed E-state index contributed by atoms with van der Waals surface area (Å²) in [5.74, 6) is 0.955. The maximum Gasteiger partial charge on any atom is 0.306 e. The van der Waals surface area contributed by atoms with Crippen molar-refractivity contribution in [3.8, 4) is 17.2 Å². The molecule has 122 valence electrons. The molecule has 1 aromatic carbocycles. The number of aliphatic carboxylic acids is 1. The van der Waals surface area contributed by atoms with Crippen molar-refractivity contribution in [2.75, 3.05) is 34.4 Å². The van der Waals surface area contributed by atoms with Crippen LogP contribution in [0.2, 0.25) is 0 Å². The van der Waals surface area contributed by atoms with Crippen LogP contribution in [0.3, 0.4) is 0 Å². The Morgan fingerprint density at radius 2 is 1.68 bits per heavy atom. The summed E-state index contributed by atoms with van der Waals surface area (Å²) in [5, 5.41) is 9.04. The van der Waals surface area contributed by atoms with E-state index in [9.17, 15) is 4.79 Å². The molecule has 0 atom stereocenters. The van der Waals surface area contributed by atoms with Crippen LogP contribution in [-0.4, -0.2) is 50.4 Å². The lowest BCUT2D eigenvalue weighted by Crippen LogP contribution is -2.35. The predicted octanol–water partition coefficient (Wildman–Crippen LogP) is 2.01. The summed E-state index contributed by atoms with van der Waals surface area (Å²) in [4.78, 5) is 13.2. The topological polar surface area (TPSA) is 68.2 Å². The van der Waals surface area contributed by atoms with Crippen LogP contribution in [-0.2, 0) is 11.3 Å². The third-order valence-corrected chi connectivity index (χ3v) is 4.07. The van der Waals surface area contributed by atoms with E-state index in [1.54, 1.807) is 21.3 Å². The first kappa shape index (κ1) is 16.4. The maximum absolute atomic E-state index is 11.0. The molecule has 2 rings (SSSR count). The highest BCUT2D eigenvalue weighted by molar-refractivity contribution is 5.70. The van der Waals surface area contributed by atoms with E-state index in [-0.39, 0.29) is 5.92 Å². The third kappa shape index (κ3) is 3.62. The van der Waals surface area contributed by atoms with Crippen molar-refractivity contribution in [3.05, 3.63) is 17.7 Å². The molecule has 22 heavy (non-hydrogen) atoms. The number of likely N-dealkylation sites (tertiary alicyclic amines) is 1. The summed E-state index contributed by atoms with van der Waals surface area (Å²) in [5.41, 5.74) is 1.06. The summed E-state index contributed by atoms with van der Waals surface area (Å²) in [6, 6.07) is 3.87. The lowest BCUT2D eigenvalue weighted by atomic mass is 9.97. The van der Waals surface area contributed by atoms with E-state index in [0.717, 1.165) is 25.2 Å². The van der Waals surface area contributed by atoms with Gasteiger partial charge in [0.15, 0.2) is 11.5 Å². The molecule has 1 aliphatic heterocycles. The molecule has 1 aromatic rings. The van der Waals surface area contributed by atoms with Crippen molar-refractivity contribution in [2.24, 2.45) is 5.92 Å². The highest BCUT2D eigenvalue weighted by Gasteiger charge is 2.24. The Bertz CT molecular complexity index is 498. The van der Waals surface area contributed by atoms with Crippen LogP contribution < -0.4 is 14.2 Å². The standard InChI is InChI=1S/C16H23NO5/c1-20-13-8-11(9-14(21-2)15(13)22-3)10-17-6-4-12(5-7-17)16(18)19/h8-9,12H,4-7,10H2,1-3H3,(H,18,19). The minimum atomic E-state index is -0.688. The van der Waals surface area contributed by atoms with Crippen LogP contribution >= 0.6 is 0 Å². The molecule has 1 aliphatic rings. The fourth-order valence-corrected chi connectivity index (χ4v) is 2.82. The predicted molar refractivity (Wildman–Crippen MR) is 81.7 cm³/mol. The Morgan fingerprint density at radius 3 is 2.09 bits per heavy atom. The van der Waals surface area contributed by atoms with Gasteiger partial charge in [-0.2, -0.15) is 0 Å². The van der Waals surface area contributed by atoms with E-state index in [2.05, 4.69) is 4.90 Å². The van der Waals surface area contributed by atoms with Gasteiger partial charge in [-0.05, 0) is 43.6 Å². The SMILES string of the molecule is COc1cc(CN2CCC(C(=O)O)CC2)cc(OC)c1OC. The molecule has 1 heterocycles. The normalized spacial score (nSPS) is 16.3. The summed E-state index contributed by atoms with van der Waals surface area (Å²) < 4.78 is 16.0. The number of piperidine rings is 1. The minimum Gasteiger partial charge on any atom is -0.493 e. The van der Waals surface area contributed by atoms with Gasteiger partial charge < -0.3 is 19.3 Å². The Kier molecular flexibility index (Phi) is 5.49. The van der Waals surface area contributed by atoms with Gasteiger partial charge in [0.2, 0.25) is 5.75 Å². The van der Waals surface area contributed by atoms with Gasteiger partial charge in [-0.25, -0.2) is 0 Å². The Labute approximate surface area is 130 Å². The molecule has 6 nitrogen and oxygen atoms in total. The minimum absolute atomic E-state index is 0.212. The zero-order chi connectivity index (χ0) is 16.1. The highest BCUT2D eigenvalue weighted by atomic mass is 16.5. The Hall–Kier alpha value is -1.95. The number of ether oxygens (including phenoxy) is 3. The highest BCUT2D eigenvalue weighted by Crippen LogP contribution is 2.38. The van der Waals surface area contributed by atoms with Gasteiger partial charge in [-0.1, -0.05) is 0 Å². The maximum atomic E-state index is 11.0. The summed E-state index contributed by atoms with van der Waals surface area (Å²) in [6.07, 6.45) is 1.39. The lowest BCUT2D eigenvalue weighted by molar-refractivity contribution is -0.143. The average Bonchev–Trinajstić information content (AvgIpc) is 2.54. The quantitative estimate of drug-likeness (QED) is 0.867. The van der Waals surface area contributed by atoms with Crippen LogP contribution in [0.4, 0.5) is 0 Å². The van der Waals surface area contributed by atoms with Crippen molar-refractivity contribution < 1.29 is 24.1 Å². The lowest BCUT2D eigenvalue weighted by Gasteiger charge is -2.30. The molecule has 1 fully saturated rings. The van der Waals surface area contributed by atoms with Crippen LogP contribution in [0, 0.1) is 5.92 Å². The molecule has 0 unspecified atom stereocenters. The Balaban J connectivity index is 2.09. The molecule has 0 spiro atoms. The van der Waals surface area contributed by atoms with Gasteiger partial charge in [-0.15, -0.1) is 0 Å². The third-order valence-electron chi connectivity index (χ3n) is 4.07. The largest absolute Gasteiger partial charge is 0.493 e. The van der Waals surface area contributed by atoms with Crippen LogP contribution in [0.5, 0.6) is 17.2 Å². The molecular formula is C16H23NO5. The number of carbonyl (C=O) groups is 1. The summed E-state index contributed by atoms with van der Waals surface area (Å²) >= 11 is 0. The monoisotopic (exact) mass is 309 g/mol. The molecule has 6 heteroatoms. The van der Waals surface area contributed by atoms with E-state index in [1.807, 2.05) is 12.1 Å².